The molecule has 0 radical (unpaired) electrons. The number of fused-ring (bicyclic) bond motifs is 1. The number of hydrogen-bond donors (Lipinski definition) is 0. The minimum absolute atomic E-state index is 0.115. The Morgan fingerprint density at radius 1 is 1.05 bits per heavy atom. The average molecular weight is 276 g/mol. The monoisotopic (exact) mass is 276 g/mol. The molecule has 0 spiro atoms. The van der Waals surface area contributed by atoms with E-state index in [4.69, 9.17) is 9.47 Å². The molecule has 2 nitrogen and oxygen atoms in total. The molecule has 104 valence electrons. The number of hydrogen-bond acceptors (Lipinski definition) is 2. The van der Waals surface area contributed by atoms with Gasteiger partial charge in [0.1, 0.15) is 0 Å². The summed E-state index contributed by atoms with van der Waals surface area (Å²) >= 11 is 0. The molecule has 0 heterocycles. The van der Waals surface area contributed by atoms with Crippen LogP contribution in [-0.4, -0.2) is 35.5 Å². The Bertz CT molecular complexity index is 480. The third-order valence-corrected chi connectivity index (χ3v) is 5.82. The van der Waals surface area contributed by atoms with Gasteiger partial charge in [-0.2, -0.15) is 0 Å². The van der Waals surface area contributed by atoms with Gasteiger partial charge < -0.3 is 9.47 Å². The summed E-state index contributed by atoms with van der Waals surface area (Å²) < 4.78 is 11.0. The third-order valence-electron chi connectivity index (χ3n) is 3.79. The van der Waals surface area contributed by atoms with Gasteiger partial charge in [0.05, 0.1) is 26.7 Å². The van der Waals surface area contributed by atoms with Crippen LogP contribution in [0, 0.1) is 0 Å². The van der Waals surface area contributed by atoms with E-state index in [0.717, 1.165) is 0 Å². The fourth-order valence-electron chi connectivity index (χ4n) is 3.02. The highest BCUT2D eigenvalue weighted by Crippen LogP contribution is 2.36. The van der Waals surface area contributed by atoms with Crippen molar-refractivity contribution in [1.29, 1.82) is 0 Å². The first-order valence-electron chi connectivity index (χ1n) is 6.76. The van der Waals surface area contributed by atoms with Crippen molar-refractivity contribution in [1.82, 2.24) is 0 Å². The second-order valence-electron chi connectivity index (χ2n) is 6.38. The summed E-state index contributed by atoms with van der Waals surface area (Å²) in [7, 11) is 2.14. The number of ether oxygens (including phenoxy) is 2. The topological polar surface area (TPSA) is 18.5 Å². The lowest BCUT2D eigenvalue weighted by molar-refractivity contribution is 0.0849. The number of benzene rings is 1. The van der Waals surface area contributed by atoms with E-state index in [2.05, 4.69) is 50.0 Å². The Balaban J connectivity index is 2.60. The summed E-state index contributed by atoms with van der Waals surface area (Å²) in [5, 5.41) is 1.52. The molecule has 0 fully saturated rings. The van der Waals surface area contributed by atoms with Crippen LogP contribution < -0.4 is 5.19 Å². The normalized spacial score (nSPS) is 16.7. The zero-order chi connectivity index (χ0) is 14.1. The summed E-state index contributed by atoms with van der Waals surface area (Å²) in [6.07, 6.45) is 4.48. The van der Waals surface area contributed by atoms with Gasteiger partial charge in [0.2, 0.25) is 0 Å². The first-order valence-corrected chi connectivity index (χ1v) is 10.3. The highest BCUT2D eigenvalue weighted by Gasteiger charge is 2.39. The maximum absolute atomic E-state index is 5.49. The molecule has 0 aromatic heterocycles. The van der Waals surface area contributed by atoms with Gasteiger partial charge in [0.25, 0.3) is 0 Å². The third kappa shape index (κ3) is 2.55. The van der Waals surface area contributed by atoms with E-state index < -0.39 is 8.07 Å². The molecule has 1 aromatic carbocycles. The Morgan fingerprint density at radius 2 is 1.68 bits per heavy atom. The Hall–Kier alpha value is -0.903. The van der Waals surface area contributed by atoms with Crippen molar-refractivity contribution in [3.63, 3.8) is 0 Å². The fourth-order valence-corrected chi connectivity index (χ4v) is 4.76. The van der Waals surface area contributed by atoms with Gasteiger partial charge in [-0.15, -0.1) is 0 Å². The van der Waals surface area contributed by atoms with Crippen LogP contribution in [-0.2, 0) is 14.9 Å². The Labute approximate surface area is 117 Å². The molecule has 0 unspecified atom stereocenters. The van der Waals surface area contributed by atoms with Crippen molar-refractivity contribution in [2.75, 3.05) is 27.4 Å². The molecule has 19 heavy (non-hydrogen) atoms. The highest BCUT2D eigenvalue weighted by molar-refractivity contribution is 6.89. The first kappa shape index (κ1) is 14.5. The van der Waals surface area contributed by atoms with Crippen LogP contribution in [0.3, 0.4) is 0 Å². The van der Waals surface area contributed by atoms with Crippen LogP contribution in [0.5, 0.6) is 0 Å². The summed E-state index contributed by atoms with van der Waals surface area (Å²) in [4.78, 5) is 0. The minimum Gasteiger partial charge on any atom is -0.383 e. The lowest BCUT2D eigenvalue weighted by atomic mass is 9.84. The lowest BCUT2D eigenvalue weighted by Crippen LogP contribution is -2.47. The van der Waals surface area contributed by atoms with Crippen LogP contribution in [0.2, 0.25) is 19.6 Å². The van der Waals surface area contributed by atoms with Crippen molar-refractivity contribution in [2.45, 2.75) is 25.1 Å². The van der Waals surface area contributed by atoms with E-state index in [9.17, 15) is 0 Å². The second kappa shape index (κ2) is 5.23. The van der Waals surface area contributed by atoms with E-state index in [1.165, 1.54) is 16.3 Å². The molecule has 1 aliphatic carbocycles. The molecular formula is C16H24O2Si. The largest absolute Gasteiger partial charge is 0.383 e. The number of methoxy groups -OCH3 is 2. The lowest BCUT2D eigenvalue weighted by Gasteiger charge is -2.33. The summed E-state index contributed by atoms with van der Waals surface area (Å²) in [6, 6.07) is 6.66. The summed E-state index contributed by atoms with van der Waals surface area (Å²) in [5.41, 5.74) is 2.64. The van der Waals surface area contributed by atoms with E-state index in [0.29, 0.717) is 13.2 Å². The molecule has 0 amide bonds. The maximum Gasteiger partial charge on any atom is 0.0780 e. The van der Waals surface area contributed by atoms with Gasteiger partial charge >= 0.3 is 0 Å². The Kier molecular flexibility index (Phi) is 3.99. The SMILES string of the molecule is COCC1(COC)C=Cc2cccc([Si](C)(C)C)c21. The van der Waals surface area contributed by atoms with Crippen LogP contribution >= 0.6 is 0 Å². The van der Waals surface area contributed by atoms with Crippen molar-refractivity contribution in [3.05, 3.63) is 35.4 Å². The van der Waals surface area contributed by atoms with E-state index in [1.807, 2.05) is 0 Å². The molecule has 0 N–H and O–H groups in total. The standard InChI is InChI=1S/C16H24O2Si/c1-17-11-16(12-18-2)10-9-13-7-6-8-14(15(13)16)19(3,4)5/h6-10H,11-12H2,1-5H3. The van der Waals surface area contributed by atoms with E-state index in [1.54, 1.807) is 14.2 Å². The molecule has 1 aromatic rings. The van der Waals surface area contributed by atoms with Crippen molar-refractivity contribution >= 4 is 19.3 Å². The van der Waals surface area contributed by atoms with Crippen LogP contribution in [0.15, 0.2) is 24.3 Å². The molecule has 0 saturated heterocycles. The molecule has 0 aliphatic heterocycles. The van der Waals surface area contributed by atoms with Gasteiger partial charge in [-0.3, -0.25) is 0 Å². The fraction of sp³-hybridized carbons (Fsp3) is 0.500. The van der Waals surface area contributed by atoms with Gasteiger partial charge in [-0.25, -0.2) is 0 Å². The molecular weight excluding hydrogens is 252 g/mol. The molecule has 1 aliphatic rings. The molecule has 0 atom stereocenters. The molecule has 0 saturated carbocycles. The van der Waals surface area contributed by atoms with Gasteiger partial charge in [-0.05, 0) is 11.1 Å². The minimum atomic E-state index is -1.39. The first-order chi connectivity index (χ1) is 8.94. The second-order valence-corrected chi connectivity index (χ2v) is 11.4. The average Bonchev–Trinajstić information content (AvgIpc) is 2.69. The zero-order valence-electron chi connectivity index (χ0n) is 12.6. The molecule has 0 bridgehead atoms. The molecule has 3 heteroatoms. The van der Waals surface area contributed by atoms with Crippen molar-refractivity contribution in [3.8, 4) is 0 Å². The maximum atomic E-state index is 5.49. The predicted molar refractivity (Wildman–Crippen MR) is 83.9 cm³/mol. The van der Waals surface area contributed by atoms with Crippen LogP contribution in [0.4, 0.5) is 0 Å². The van der Waals surface area contributed by atoms with Gasteiger partial charge in [-0.1, -0.05) is 55.2 Å². The Morgan fingerprint density at radius 3 is 2.21 bits per heavy atom. The van der Waals surface area contributed by atoms with E-state index in [-0.39, 0.29) is 5.41 Å². The zero-order valence-corrected chi connectivity index (χ0v) is 13.6. The molecule has 2 rings (SSSR count). The van der Waals surface area contributed by atoms with Gasteiger partial charge in [0.15, 0.2) is 0 Å². The van der Waals surface area contributed by atoms with E-state index >= 15 is 0 Å². The van der Waals surface area contributed by atoms with Crippen LogP contribution in [0.1, 0.15) is 11.1 Å². The summed E-state index contributed by atoms with van der Waals surface area (Å²) in [5.74, 6) is 0. The van der Waals surface area contributed by atoms with Crippen molar-refractivity contribution < 1.29 is 9.47 Å². The van der Waals surface area contributed by atoms with Gasteiger partial charge in [0, 0.05) is 14.2 Å². The predicted octanol–water partition coefficient (Wildman–Crippen LogP) is 2.79. The quantitative estimate of drug-likeness (QED) is 0.770. The smallest absolute Gasteiger partial charge is 0.0780 e. The highest BCUT2D eigenvalue weighted by atomic mass is 28.3. The van der Waals surface area contributed by atoms with Crippen molar-refractivity contribution in [2.24, 2.45) is 0 Å². The summed E-state index contributed by atoms with van der Waals surface area (Å²) in [6.45, 7) is 8.53. The number of rotatable bonds is 5. The van der Waals surface area contributed by atoms with Crippen LogP contribution in [0.25, 0.3) is 6.08 Å².